The third-order valence-electron chi connectivity index (χ3n) is 6.40. The molecule has 13 nitrogen and oxygen atoms in total. The summed E-state index contributed by atoms with van der Waals surface area (Å²) in [6.07, 6.45) is -0.147. The van der Waals surface area contributed by atoms with Crippen LogP contribution in [0.3, 0.4) is 0 Å². The lowest BCUT2D eigenvalue weighted by atomic mass is 10.1. The number of nitrogens with two attached hydrogens (primary N) is 2. The Labute approximate surface area is 273 Å². The highest BCUT2D eigenvalue weighted by molar-refractivity contribution is 7.90. The van der Waals surface area contributed by atoms with Crippen molar-refractivity contribution >= 4 is 93.8 Å². The fourth-order valence-electron chi connectivity index (χ4n) is 4.40. The number of hydrazine groups is 1. The molecule has 2 atom stereocenters. The Bertz CT molecular complexity index is 1960. The van der Waals surface area contributed by atoms with E-state index in [1.807, 2.05) is 31.2 Å². The summed E-state index contributed by atoms with van der Waals surface area (Å²) in [5.74, 6) is -0.430. The molecule has 0 bridgehead atoms. The van der Waals surface area contributed by atoms with Gasteiger partial charge < -0.3 is 5.32 Å². The molecule has 44 heavy (non-hydrogen) atoms. The predicted molar refractivity (Wildman–Crippen MR) is 168 cm³/mol. The van der Waals surface area contributed by atoms with Crippen LogP contribution in [-0.4, -0.2) is 48.2 Å². The van der Waals surface area contributed by atoms with Crippen LogP contribution >= 0.6 is 46.4 Å². The predicted octanol–water partition coefficient (Wildman–Crippen LogP) is 2.90. The third-order valence-corrected chi connectivity index (χ3v) is 11.2. The fourth-order valence-corrected chi connectivity index (χ4v) is 8.39. The molecule has 0 spiro atoms. The number of amides is 1. The summed E-state index contributed by atoms with van der Waals surface area (Å²) in [6.45, 7) is 2.00. The van der Waals surface area contributed by atoms with Gasteiger partial charge in [-0.3, -0.25) is 15.2 Å². The zero-order chi connectivity index (χ0) is 32.8. The number of para-hydroxylation sites is 1. The minimum atomic E-state index is -4.15. The average Bonchev–Trinajstić information content (AvgIpc) is 3.21. The van der Waals surface area contributed by atoms with Crippen molar-refractivity contribution in [2.24, 2.45) is 10.3 Å². The number of alkyl halides is 2. The van der Waals surface area contributed by atoms with Crippen molar-refractivity contribution in [3.8, 4) is 0 Å². The van der Waals surface area contributed by atoms with Crippen molar-refractivity contribution in [2.45, 2.75) is 45.1 Å². The number of primary sulfonamides is 2. The number of rotatable bonds is 5. The second-order valence-corrected chi connectivity index (χ2v) is 16.3. The van der Waals surface area contributed by atoms with Gasteiger partial charge in [0.25, 0.3) is 5.91 Å². The first-order valence-corrected chi connectivity index (χ1v) is 18.4. The van der Waals surface area contributed by atoms with E-state index in [0.717, 1.165) is 29.8 Å². The number of sulfonamides is 3. The van der Waals surface area contributed by atoms with Gasteiger partial charge in [-0.25, -0.2) is 35.5 Å². The van der Waals surface area contributed by atoms with Crippen molar-refractivity contribution in [1.29, 1.82) is 0 Å². The van der Waals surface area contributed by atoms with Gasteiger partial charge in [-0.1, -0.05) is 41.4 Å². The summed E-state index contributed by atoms with van der Waals surface area (Å²) in [7, 11) is -12.1. The Morgan fingerprint density at radius 3 is 2.20 bits per heavy atom. The minimum Gasteiger partial charge on any atom is -0.366 e. The number of fused-ring (bicyclic) bond motifs is 2. The molecule has 0 aromatic heterocycles. The Hall–Kier alpha value is -2.38. The van der Waals surface area contributed by atoms with Gasteiger partial charge in [-0.15, -0.1) is 23.2 Å². The van der Waals surface area contributed by atoms with Crippen molar-refractivity contribution in [2.75, 3.05) is 10.3 Å². The van der Waals surface area contributed by atoms with Gasteiger partial charge in [0.05, 0.1) is 27.5 Å². The van der Waals surface area contributed by atoms with Gasteiger partial charge in [0.1, 0.15) is 25.7 Å². The average molecular weight is 747 g/mol. The molecule has 0 radical (unpaired) electrons. The first-order valence-electron chi connectivity index (χ1n) is 12.2. The summed E-state index contributed by atoms with van der Waals surface area (Å²) in [5, 5.41) is 14.3. The summed E-state index contributed by atoms with van der Waals surface area (Å²) >= 11 is 22.9. The fraction of sp³-hybridized carbons (Fsp3) is 0.208. The van der Waals surface area contributed by atoms with Gasteiger partial charge in [-0.2, -0.15) is 4.72 Å². The molecule has 2 heterocycles. The minimum absolute atomic E-state index is 0.0195. The van der Waals surface area contributed by atoms with Crippen molar-refractivity contribution in [3.63, 3.8) is 0 Å². The molecule has 7 N–H and O–H groups in total. The molecule has 2 unspecified atom stereocenters. The van der Waals surface area contributed by atoms with Crippen LogP contribution < -0.4 is 30.8 Å². The topological polar surface area (TPSA) is 211 Å². The van der Waals surface area contributed by atoms with Crippen LogP contribution in [0.15, 0.2) is 69.3 Å². The van der Waals surface area contributed by atoms with Crippen LogP contribution in [0.25, 0.3) is 0 Å². The van der Waals surface area contributed by atoms with Crippen LogP contribution in [-0.2, 0) is 36.5 Å². The molecule has 1 amide bonds. The zero-order valence-corrected chi connectivity index (χ0v) is 27.8. The molecule has 0 saturated carbocycles. The number of benzene rings is 3. The Kier molecular flexibility index (Phi) is 10.0. The lowest BCUT2D eigenvalue weighted by Gasteiger charge is -2.29. The van der Waals surface area contributed by atoms with Crippen molar-refractivity contribution in [3.05, 3.63) is 75.8 Å². The van der Waals surface area contributed by atoms with Crippen LogP contribution in [0.2, 0.25) is 10.0 Å². The van der Waals surface area contributed by atoms with E-state index in [1.165, 1.54) is 18.2 Å². The highest BCUT2D eigenvalue weighted by atomic mass is 35.5. The first kappa shape index (κ1) is 34.5. The van der Waals surface area contributed by atoms with Gasteiger partial charge >= 0.3 is 0 Å². The Morgan fingerprint density at radius 2 is 1.59 bits per heavy atom. The second kappa shape index (κ2) is 12.8. The van der Waals surface area contributed by atoms with Gasteiger partial charge in [0, 0.05) is 5.56 Å². The standard InChI is InChI=1S/C16H16ClN3O3S.C8H8Cl3N3O4S2/c1-10-8-11-4-2-3-5-14(11)20(10)19-16(21)12-6-7-13(17)15(9-12)24(18,22)23;9-3-1-4-6(2-5(3)19(12,15)16)20(17,18)14-8(13-4)7(10)11/h2-7,9-10H,8H2,1H3,(H,19,21)(H2,18,22,23);1-2,7-8,13-14H,(H2,12,15,16). The summed E-state index contributed by atoms with van der Waals surface area (Å²) in [5.41, 5.74) is 5.14. The molecule has 3 aromatic carbocycles. The molecule has 2 aliphatic heterocycles. The SMILES string of the molecule is CC1Cc2ccccc2N1NC(=O)c1ccc(Cl)c(S(N)(=O)=O)c1.NS(=O)(=O)c1cc2c(cc1Cl)NC(C(Cl)Cl)NS2(=O)=O. The number of carbonyl (C=O) groups excluding carboxylic acids is 1. The van der Waals surface area contributed by atoms with Crippen LogP contribution in [0.4, 0.5) is 11.4 Å². The lowest BCUT2D eigenvalue weighted by Crippen LogP contribution is -2.48. The molecular formula is C24H24Cl4N6O7S3. The molecule has 5 rings (SSSR count). The zero-order valence-electron chi connectivity index (χ0n) is 22.3. The number of nitrogens with one attached hydrogen (secondary N) is 3. The van der Waals surface area contributed by atoms with Crippen molar-refractivity contribution in [1.82, 2.24) is 10.1 Å². The molecule has 3 aromatic rings. The van der Waals surface area contributed by atoms with E-state index in [4.69, 9.17) is 56.7 Å². The highest BCUT2D eigenvalue weighted by Gasteiger charge is 2.34. The molecule has 20 heteroatoms. The summed E-state index contributed by atoms with van der Waals surface area (Å²) in [6, 6.07) is 13.9. The summed E-state index contributed by atoms with van der Waals surface area (Å²) < 4.78 is 72.0. The normalized spacial score (nSPS) is 18.9. The second-order valence-electron chi connectivity index (χ2n) is 9.58. The number of carbonyl (C=O) groups is 1. The monoisotopic (exact) mass is 744 g/mol. The van der Waals surface area contributed by atoms with Crippen LogP contribution in [0, 0.1) is 0 Å². The maximum atomic E-state index is 12.5. The van der Waals surface area contributed by atoms with E-state index >= 15 is 0 Å². The van der Waals surface area contributed by atoms with Crippen molar-refractivity contribution < 1.29 is 30.0 Å². The third kappa shape index (κ3) is 7.52. The smallest absolute Gasteiger partial charge is 0.269 e. The van der Waals surface area contributed by atoms with Crippen LogP contribution in [0.1, 0.15) is 22.8 Å². The number of hydrogen-bond acceptors (Lipinski definition) is 9. The maximum Gasteiger partial charge on any atom is 0.269 e. The van der Waals surface area contributed by atoms with E-state index < -0.39 is 51.9 Å². The Balaban J connectivity index is 0.000000204. The number of anilines is 2. The highest BCUT2D eigenvalue weighted by Crippen LogP contribution is 2.35. The van der Waals surface area contributed by atoms with E-state index in [-0.39, 0.29) is 37.1 Å². The van der Waals surface area contributed by atoms with E-state index in [9.17, 15) is 30.0 Å². The molecular weight excluding hydrogens is 722 g/mol. The molecule has 238 valence electrons. The van der Waals surface area contributed by atoms with E-state index in [2.05, 4.69) is 15.5 Å². The molecule has 2 aliphatic rings. The first-order chi connectivity index (χ1) is 20.3. The number of nitrogens with zero attached hydrogens (tertiary/aromatic N) is 1. The maximum absolute atomic E-state index is 12.5. The van der Waals surface area contributed by atoms with E-state index in [0.29, 0.717) is 0 Å². The number of hydrogen-bond donors (Lipinski definition) is 5. The quantitative estimate of drug-likeness (QED) is 0.243. The lowest BCUT2D eigenvalue weighted by molar-refractivity contribution is 0.0946. The molecule has 0 aliphatic carbocycles. The van der Waals surface area contributed by atoms with E-state index in [1.54, 1.807) is 5.01 Å². The van der Waals surface area contributed by atoms with Gasteiger partial charge in [0.2, 0.25) is 30.1 Å². The molecule has 0 fully saturated rings. The van der Waals surface area contributed by atoms with Crippen LogP contribution in [0.5, 0.6) is 0 Å². The largest absolute Gasteiger partial charge is 0.366 e. The summed E-state index contributed by atoms with van der Waals surface area (Å²) in [4.78, 5) is 10.4. The number of halogens is 4. The van der Waals surface area contributed by atoms with Gasteiger partial charge in [0.15, 0.2) is 0 Å². The molecule has 0 saturated heterocycles. The van der Waals surface area contributed by atoms with Gasteiger partial charge in [-0.05, 0) is 55.3 Å². The Morgan fingerprint density at radius 1 is 0.977 bits per heavy atom.